The van der Waals surface area contributed by atoms with E-state index in [0.29, 0.717) is 29.9 Å². The fourth-order valence-corrected chi connectivity index (χ4v) is 2.75. The van der Waals surface area contributed by atoms with Crippen molar-refractivity contribution < 1.29 is 14.3 Å². The standard InChI is InChI=1S/C13H15ClN4O3S/c1-20-4-5-21-12(19)10(6-15)11-16-2-3-18(11)7-9-8-22-13(14)17-9/h8,16H,2-5,7H2,1H3. The van der Waals surface area contributed by atoms with E-state index in [1.54, 1.807) is 0 Å². The largest absolute Gasteiger partial charge is 0.459 e. The molecule has 2 heterocycles. The number of thiazole rings is 1. The van der Waals surface area contributed by atoms with Gasteiger partial charge in [0, 0.05) is 25.6 Å². The van der Waals surface area contributed by atoms with Crippen LogP contribution in [-0.2, 0) is 20.8 Å². The Labute approximate surface area is 137 Å². The maximum absolute atomic E-state index is 12.0. The Balaban J connectivity index is 2.11. The number of esters is 1. The number of ether oxygens (including phenoxy) is 2. The molecule has 0 spiro atoms. The third kappa shape index (κ3) is 4.10. The van der Waals surface area contributed by atoms with Gasteiger partial charge in [-0.05, 0) is 0 Å². The molecule has 0 amide bonds. The van der Waals surface area contributed by atoms with Gasteiger partial charge in [-0.3, -0.25) is 0 Å². The minimum Gasteiger partial charge on any atom is -0.459 e. The minimum atomic E-state index is -0.662. The number of methoxy groups -OCH3 is 1. The Hall–Kier alpha value is -1.82. The van der Waals surface area contributed by atoms with Crippen molar-refractivity contribution in [3.63, 3.8) is 0 Å². The van der Waals surface area contributed by atoms with Gasteiger partial charge in [-0.1, -0.05) is 11.6 Å². The zero-order chi connectivity index (χ0) is 15.9. The van der Waals surface area contributed by atoms with Gasteiger partial charge < -0.3 is 19.7 Å². The van der Waals surface area contributed by atoms with Crippen molar-refractivity contribution in [1.29, 1.82) is 5.26 Å². The van der Waals surface area contributed by atoms with Crippen molar-refractivity contribution in [3.8, 4) is 6.07 Å². The summed E-state index contributed by atoms with van der Waals surface area (Å²) in [6.45, 7) is 2.18. The van der Waals surface area contributed by atoms with Gasteiger partial charge in [-0.2, -0.15) is 5.26 Å². The molecule has 0 aliphatic carbocycles. The zero-order valence-corrected chi connectivity index (χ0v) is 13.5. The fraction of sp³-hybridized carbons (Fsp3) is 0.462. The molecule has 7 nitrogen and oxygen atoms in total. The van der Waals surface area contributed by atoms with E-state index in [2.05, 4.69) is 10.3 Å². The van der Waals surface area contributed by atoms with Crippen LogP contribution >= 0.6 is 22.9 Å². The maximum atomic E-state index is 12.0. The Kier molecular flexibility index (Phi) is 6.00. The molecule has 0 saturated carbocycles. The second-order valence-electron chi connectivity index (χ2n) is 4.40. The van der Waals surface area contributed by atoms with Gasteiger partial charge >= 0.3 is 5.97 Å². The number of carbonyl (C=O) groups is 1. The molecule has 1 saturated heterocycles. The molecule has 1 N–H and O–H groups in total. The summed E-state index contributed by atoms with van der Waals surface area (Å²) in [6, 6.07) is 1.91. The number of halogens is 1. The molecule has 1 aromatic rings. The highest BCUT2D eigenvalue weighted by molar-refractivity contribution is 7.13. The lowest BCUT2D eigenvalue weighted by Crippen LogP contribution is -2.25. The molecule has 9 heteroatoms. The van der Waals surface area contributed by atoms with E-state index < -0.39 is 5.97 Å². The summed E-state index contributed by atoms with van der Waals surface area (Å²) in [7, 11) is 1.51. The second kappa shape index (κ2) is 7.98. The molecule has 0 radical (unpaired) electrons. The van der Waals surface area contributed by atoms with Crippen LogP contribution in [0.3, 0.4) is 0 Å². The first-order chi connectivity index (χ1) is 10.7. The van der Waals surface area contributed by atoms with Crippen LogP contribution in [0.1, 0.15) is 5.69 Å². The number of nitrogens with zero attached hydrogens (tertiary/aromatic N) is 3. The Morgan fingerprint density at radius 3 is 3.09 bits per heavy atom. The quantitative estimate of drug-likeness (QED) is 0.359. The Morgan fingerprint density at radius 1 is 1.64 bits per heavy atom. The summed E-state index contributed by atoms with van der Waals surface area (Å²) in [4.78, 5) is 18.0. The molecule has 0 unspecified atom stereocenters. The average Bonchev–Trinajstić information content (AvgIpc) is 3.10. The summed E-state index contributed by atoms with van der Waals surface area (Å²) >= 11 is 7.16. The number of carbonyl (C=O) groups excluding carboxylic acids is 1. The summed E-state index contributed by atoms with van der Waals surface area (Å²) in [5.74, 6) is -0.195. The molecule has 0 aromatic carbocycles. The van der Waals surface area contributed by atoms with E-state index >= 15 is 0 Å². The van der Waals surface area contributed by atoms with Crippen molar-refractivity contribution in [2.24, 2.45) is 0 Å². The first-order valence-corrected chi connectivity index (χ1v) is 7.80. The van der Waals surface area contributed by atoms with Crippen molar-refractivity contribution >= 4 is 28.9 Å². The summed E-state index contributed by atoms with van der Waals surface area (Å²) in [5.41, 5.74) is 0.746. The average molecular weight is 343 g/mol. The van der Waals surface area contributed by atoms with Crippen LogP contribution in [-0.4, -0.2) is 49.3 Å². The van der Waals surface area contributed by atoms with Crippen LogP contribution in [0.5, 0.6) is 0 Å². The molecular weight excluding hydrogens is 328 g/mol. The molecule has 1 fully saturated rings. The van der Waals surface area contributed by atoms with Crippen molar-refractivity contribution in [2.75, 3.05) is 33.4 Å². The van der Waals surface area contributed by atoms with Crippen LogP contribution in [0.15, 0.2) is 16.8 Å². The summed E-state index contributed by atoms with van der Waals surface area (Å²) in [6.07, 6.45) is 0. The molecule has 1 aliphatic heterocycles. The molecule has 118 valence electrons. The molecule has 1 aliphatic rings. The smallest absolute Gasteiger partial charge is 0.352 e. The minimum absolute atomic E-state index is 0.0464. The summed E-state index contributed by atoms with van der Waals surface area (Å²) < 4.78 is 10.3. The predicted molar refractivity (Wildman–Crippen MR) is 81.0 cm³/mol. The number of hydrogen-bond acceptors (Lipinski definition) is 8. The van der Waals surface area contributed by atoms with Crippen LogP contribution in [0.25, 0.3) is 0 Å². The van der Waals surface area contributed by atoms with E-state index in [9.17, 15) is 10.1 Å². The van der Waals surface area contributed by atoms with E-state index in [0.717, 1.165) is 5.69 Å². The highest BCUT2D eigenvalue weighted by atomic mass is 35.5. The molecule has 2 rings (SSSR count). The Morgan fingerprint density at radius 2 is 2.45 bits per heavy atom. The summed E-state index contributed by atoms with van der Waals surface area (Å²) in [5, 5.41) is 14.2. The van der Waals surface area contributed by atoms with E-state index in [4.69, 9.17) is 21.1 Å². The monoisotopic (exact) mass is 342 g/mol. The SMILES string of the molecule is COCCOC(=O)C(C#N)=C1NCCN1Cc1csc(Cl)n1. The van der Waals surface area contributed by atoms with Gasteiger partial charge in [0.2, 0.25) is 0 Å². The first kappa shape index (κ1) is 16.5. The first-order valence-electron chi connectivity index (χ1n) is 6.55. The van der Waals surface area contributed by atoms with Crippen LogP contribution in [0.4, 0.5) is 0 Å². The van der Waals surface area contributed by atoms with E-state index in [1.807, 2.05) is 16.3 Å². The van der Waals surface area contributed by atoms with Gasteiger partial charge in [-0.25, -0.2) is 9.78 Å². The zero-order valence-electron chi connectivity index (χ0n) is 12.0. The molecule has 1 aromatic heterocycles. The van der Waals surface area contributed by atoms with Crippen molar-refractivity contribution in [2.45, 2.75) is 6.54 Å². The number of nitriles is 1. The van der Waals surface area contributed by atoms with Gasteiger partial charge in [0.15, 0.2) is 10.0 Å². The van der Waals surface area contributed by atoms with E-state index in [-0.39, 0.29) is 18.8 Å². The molecule has 0 atom stereocenters. The van der Waals surface area contributed by atoms with Gasteiger partial charge in [-0.15, -0.1) is 11.3 Å². The lowest BCUT2D eigenvalue weighted by atomic mass is 10.2. The van der Waals surface area contributed by atoms with Crippen LogP contribution in [0.2, 0.25) is 4.47 Å². The molecule has 22 heavy (non-hydrogen) atoms. The topological polar surface area (TPSA) is 87.5 Å². The van der Waals surface area contributed by atoms with Gasteiger partial charge in [0.1, 0.15) is 18.5 Å². The van der Waals surface area contributed by atoms with E-state index in [1.165, 1.54) is 18.4 Å². The highest BCUT2D eigenvalue weighted by Crippen LogP contribution is 2.20. The Bertz CT molecular complexity index is 611. The third-order valence-corrected chi connectivity index (χ3v) is 3.97. The van der Waals surface area contributed by atoms with Crippen molar-refractivity contribution in [3.05, 3.63) is 26.9 Å². The van der Waals surface area contributed by atoms with Gasteiger partial charge in [0.25, 0.3) is 0 Å². The second-order valence-corrected chi connectivity index (χ2v) is 5.84. The van der Waals surface area contributed by atoms with Crippen molar-refractivity contribution in [1.82, 2.24) is 15.2 Å². The van der Waals surface area contributed by atoms with Crippen LogP contribution in [0, 0.1) is 11.3 Å². The number of aromatic nitrogens is 1. The maximum Gasteiger partial charge on any atom is 0.352 e. The fourth-order valence-electron chi connectivity index (χ4n) is 1.97. The third-order valence-electron chi connectivity index (χ3n) is 2.94. The van der Waals surface area contributed by atoms with Crippen LogP contribution < -0.4 is 5.32 Å². The number of rotatable bonds is 6. The highest BCUT2D eigenvalue weighted by Gasteiger charge is 2.26. The molecule has 0 bridgehead atoms. The molecular formula is C13H15ClN4O3S. The lowest BCUT2D eigenvalue weighted by Gasteiger charge is -2.18. The van der Waals surface area contributed by atoms with Gasteiger partial charge in [0.05, 0.1) is 18.8 Å². The predicted octanol–water partition coefficient (Wildman–Crippen LogP) is 1.13. The lowest BCUT2D eigenvalue weighted by molar-refractivity contribution is -0.139. The number of hydrogen-bond donors (Lipinski definition) is 1. The number of nitrogens with one attached hydrogen (secondary N) is 1. The normalized spacial score (nSPS) is 16.1.